The summed E-state index contributed by atoms with van der Waals surface area (Å²) in [5.41, 5.74) is 4.33. The largest absolute Gasteiger partial charge is 0.387 e. The first kappa shape index (κ1) is 16.1. The molecule has 1 aromatic rings. The number of ketones is 1. The average Bonchev–Trinajstić information content (AvgIpc) is 3.57. The van der Waals surface area contributed by atoms with E-state index in [1.165, 1.54) is 25.7 Å². The summed E-state index contributed by atoms with van der Waals surface area (Å²) >= 11 is 0. The number of carbonyl (C=O) groups is 1. The van der Waals surface area contributed by atoms with E-state index in [-0.39, 0.29) is 5.78 Å². The summed E-state index contributed by atoms with van der Waals surface area (Å²) in [4.78, 5) is 19.7. The maximum absolute atomic E-state index is 12.6. The summed E-state index contributed by atoms with van der Waals surface area (Å²) in [5.74, 6) is 2.99. The standard InChI is InChI=1S/C22H24N2O2/c1-2-16-18(25)13-15-5-6-17(21(26)14-3-4-14)23-19(15)20(16)24-11-9-22(7-8-22)10-12-24/h1,5-6,14,21,26H,3-4,7-13H2. The van der Waals surface area contributed by atoms with Gasteiger partial charge >= 0.3 is 0 Å². The number of aromatic nitrogens is 1. The van der Waals surface area contributed by atoms with Crippen molar-refractivity contribution < 1.29 is 9.90 Å². The third kappa shape index (κ3) is 2.57. The smallest absolute Gasteiger partial charge is 0.177 e. The molecular weight excluding hydrogens is 324 g/mol. The number of terminal acetylenes is 1. The number of rotatable bonds is 3. The summed E-state index contributed by atoms with van der Waals surface area (Å²) in [6.07, 6.45) is 12.7. The minimum Gasteiger partial charge on any atom is -0.387 e. The lowest BCUT2D eigenvalue weighted by Crippen LogP contribution is -2.36. The monoisotopic (exact) mass is 348 g/mol. The van der Waals surface area contributed by atoms with E-state index in [1.807, 2.05) is 12.1 Å². The third-order valence-electron chi connectivity index (χ3n) is 6.70. The van der Waals surface area contributed by atoms with Crippen molar-refractivity contribution in [3.63, 3.8) is 0 Å². The Balaban J connectivity index is 1.55. The van der Waals surface area contributed by atoms with Crippen LogP contribution in [0.2, 0.25) is 0 Å². The van der Waals surface area contributed by atoms with Gasteiger partial charge in [-0.25, -0.2) is 4.98 Å². The number of aliphatic hydroxyl groups excluding tert-OH is 1. The fraction of sp³-hybridized carbons (Fsp3) is 0.545. The average molecular weight is 348 g/mol. The molecule has 4 aliphatic rings. The van der Waals surface area contributed by atoms with E-state index in [2.05, 4.69) is 10.8 Å². The number of pyridine rings is 1. The Morgan fingerprint density at radius 1 is 1.23 bits per heavy atom. The quantitative estimate of drug-likeness (QED) is 0.854. The molecule has 0 amide bonds. The molecule has 0 bridgehead atoms. The van der Waals surface area contributed by atoms with Gasteiger partial charge in [-0.3, -0.25) is 4.79 Å². The van der Waals surface area contributed by atoms with Crippen molar-refractivity contribution in [2.45, 2.75) is 51.0 Å². The van der Waals surface area contributed by atoms with Crippen LogP contribution in [0.15, 0.2) is 17.7 Å². The first-order valence-electron chi connectivity index (χ1n) is 9.77. The molecule has 1 aromatic heterocycles. The summed E-state index contributed by atoms with van der Waals surface area (Å²) in [5, 5.41) is 10.5. The number of nitrogens with zero attached hydrogens (tertiary/aromatic N) is 2. The van der Waals surface area contributed by atoms with Crippen LogP contribution in [0.4, 0.5) is 0 Å². The molecule has 3 fully saturated rings. The van der Waals surface area contributed by atoms with Crippen LogP contribution in [0, 0.1) is 23.7 Å². The van der Waals surface area contributed by atoms with Gasteiger partial charge in [0.25, 0.3) is 0 Å². The zero-order valence-electron chi connectivity index (χ0n) is 15.0. The molecule has 1 atom stereocenters. The van der Waals surface area contributed by atoms with Gasteiger partial charge in [0.2, 0.25) is 0 Å². The molecule has 1 spiro atoms. The molecule has 1 saturated heterocycles. The van der Waals surface area contributed by atoms with Gasteiger partial charge in [0.05, 0.1) is 28.8 Å². The topological polar surface area (TPSA) is 53.4 Å². The van der Waals surface area contributed by atoms with Crippen LogP contribution in [0.25, 0.3) is 5.70 Å². The predicted octanol–water partition coefficient (Wildman–Crippen LogP) is 2.87. The Hall–Kier alpha value is -2.12. The molecule has 1 aliphatic heterocycles. The van der Waals surface area contributed by atoms with Crippen molar-refractivity contribution in [1.29, 1.82) is 0 Å². The van der Waals surface area contributed by atoms with Crippen molar-refractivity contribution in [3.05, 3.63) is 34.7 Å². The SMILES string of the molecule is C#CC1=C(N2CCC3(CC2)CC3)c2nc(C(O)C3CC3)ccc2CC1=O. The van der Waals surface area contributed by atoms with Crippen molar-refractivity contribution in [1.82, 2.24) is 9.88 Å². The minimum atomic E-state index is -0.510. The maximum Gasteiger partial charge on any atom is 0.177 e. The van der Waals surface area contributed by atoms with Crippen molar-refractivity contribution in [2.24, 2.45) is 11.3 Å². The molecular formula is C22H24N2O2. The number of hydrogen-bond acceptors (Lipinski definition) is 4. The number of likely N-dealkylation sites (tertiary alicyclic amines) is 1. The first-order chi connectivity index (χ1) is 12.6. The van der Waals surface area contributed by atoms with E-state index in [0.717, 1.165) is 42.9 Å². The zero-order valence-corrected chi connectivity index (χ0v) is 15.0. The second-order valence-corrected chi connectivity index (χ2v) is 8.48. The van der Waals surface area contributed by atoms with Gasteiger partial charge in [-0.2, -0.15) is 0 Å². The van der Waals surface area contributed by atoms with E-state index in [1.54, 1.807) is 0 Å². The normalized spacial score (nSPS) is 25.1. The number of allylic oxidation sites excluding steroid dienone is 1. The van der Waals surface area contributed by atoms with Gasteiger partial charge in [0, 0.05) is 19.5 Å². The minimum absolute atomic E-state index is 0.0130. The van der Waals surface area contributed by atoms with Gasteiger partial charge in [-0.1, -0.05) is 12.0 Å². The molecule has 1 unspecified atom stereocenters. The number of aliphatic hydroxyl groups is 1. The lowest BCUT2D eigenvalue weighted by atomic mass is 9.88. The highest BCUT2D eigenvalue weighted by Crippen LogP contribution is 2.54. The number of piperidine rings is 1. The Morgan fingerprint density at radius 3 is 2.58 bits per heavy atom. The van der Waals surface area contributed by atoms with Crippen LogP contribution in [0.1, 0.15) is 61.6 Å². The molecule has 134 valence electrons. The molecule has 2 heterocycles. The number of Topliss-reactive ketones (excluding diaryl/α,β-unsaturated/α-hetero) is 1. The van der Waals surface area contributed by atoms with Crippen molar-refractivity contribution >= 4 is 11.5 Å². The second kappa shape index (κ2) is 5.69. The van der Waals surface area contributed by atoms with Gasteiger partial charge in [-0.15, -0.1) is 6.42 Å². The van der Waals surface area contributed by atoms with Gasteiger partial charge in [-0.05, 0) is 61.5 Å². The molecule has 3 aliphatic carbocycles. The maximum atomic E-state index is 12.6. The second-order valence-electron chi connectivity index (χ2n) is 8.48. The molecule has 2 saturated carbocycles. The van der Waals surface area contributed by atoms with Crippen LogP contribution < -0.4 is 0 Å². The molecule has 0 aromatic carbocycles. The van der Waals surface area contributed by atoms with Crippen LogP contribution in [0.3, 0.4) is 0 Å². The van der Waals surface area contributed by atoms with Crippen molar-refractivity contribution in [3.8, 4) is 12.3 Å². The Kier molecular flexibility index (Phi) is 3.52. The highest BCUT2D eigenvalue weighted by atomic mass is 16.3. The van der Waals surface area contributed by atoms with E-state index in [4.69, 9.17) is 11.4 Å². The summed E-state index contributed by atoms with van der Waals surface area (Å²) in [6, 6.07) is 3.84. The summed E-state index contributed by atoms with van der Waals surface area (Å²) in [7, 11) is 0. The molecule has 4 heteroatoms. The van der Waals surface area contributed by atoms with Gasteiger partial charge in [0.1, 0.15) is 0 Å². The van der Waals surface area contributed by atoms with E-state index in [9.17, 15) is 9.90 Å². The predicted molar refractivity (Wildman–Crippen MR) is 98.9 cm³/mol. The fourth-order valence-corrected chi connectivity index (χ4v) is 4.52. The third-order valence-corrected chi connectivity index (χ3v) is 6.70. The van der Waals surface area contributed by atoms with Crippen LogP contribution >= 0.6 is 0 Å². The van der Waals surface area contributed by atoms with Crippen molar-refractivity contribution in [2.75, 3.05) is 13.1 Å². The molecule has 4 nitrogen and oxygen atoms in total. The molecule has 5 rings (SSSR count). The highest BCUT2D eigenvalue weighted by molar-refractivity contribution is 6.09. The van der Waals surface area contributed by atoms with Crippen LogP contribution in [0.5, 0.6) is 0 Å². The lowest BCUT2D eigenvalue weighted by Gasteiger charge is -2.37. The molecule has 26 heavy (non-hydrogen) atoms. The Morgan fingerprint density at radius 2 is 1.96 bits per heavy atom. The van der Waals surface area contributed by atoms with Gasteiger partial charge < -0.3 is 10.0 Å². The van der Waals surface area contributed by atoms with E-state index >= 15 is 0 Å². The highest BCUT2D eigenvalue weighted by Gasteiger charge is 2.45. The lowest BCUT2D eigenvalue weighted by molar-refractivity contribution is -0.114. The number of fused-ring (bicyclic) bond motifs is 1. The zero-order chi connectivity index (χ0) is 17.9. The number of hydrogen-bond donors (Lipinski definition) is 1. The Labute approximate surface area is 154 Å². The van der Waals surface area contributed by atoms with E-state index in [0.29, 0.717) is 29.0 Å². The van der Waals surface area contributed by atoms with Gasteiger partial charge in [0.15, 0.2) is 5.78 Å². The fourth-order valence-electron chi connectivity index (χ4n) is 4.52. The van der Waals surface area contributed by atoms with Crippen LogP contribution in [-0.2, 0) is 11.2 Å². The number of carbonyl (C=O) groups excluding carboxylic acids is 1. The first-order valence-corrected chi connectivity index (χ1v) is 9.77. The molecule has 1 N–H and O–H groups in total. The molecule has 0 radical (unpaired) electrons. The summed E-state index contributed by atoms with van der Waals surface area (Å²) < 4.78 is 0. The van der Waals surface area contributed by atoms with Crippen LogP contribution in [-0.4, -0.2) is 33.9 Å². The van der Waals surface area contributed by atoms with E-state index < -0.39 is 6.10 Å². The summed E-state index contributed by atoms with van der Waals surface area (Å²) in [6.45, 7) is 1.87. The Bertz CT molecular complexity index is 845.